The SMILES string of the molecule is CCOC(=O)CC(C(=O)OCC)N1CCN(CC2CN(c3ccc(C4=NOC(c5ccccc5)N4)cc3)C(=O)O2)CC1. The van der Waals surface area contributed by atoms with Crippen LogP contribution < -0.4 is 10.2 Å². The van der Waals surface area contributed by atoms with E-state index in [1.807, 2.05) is 59.5 Å². The summed E-state index contributed by atoms with van der Waals surface area (Å²) >= 11 is 0. The van der Waals surface area contributed by atoms with Crippen LogP contribution in [0.3, 0.4) is 0 Å². The number of ether oxygens (including phenoxy) is 3. The highest BCUT2D eigenvalue weighted by atomic mass is 16.7. The molecular formula is C30H37N5O7. The number of carbonyl (C=O) groups is 3. The summed E-state index contributed by atoms with van der Waals surface area (Å²) in [6.07, 6.45) is -1.05. The van der Waals surface area contributed by atoms with E-state index in [1.54, 1.807) is 18.7 Å². The Labute approximate surface area is 245 Å². The Balaban J connectivity index is 1.11. The largest absolute Gasteiger partial charge is 0.466 e. The van der Waals surface area contributed by atoms with Crippen LogP contribution in [0.15, 0.2) is 59.8 Å². The van der Waals surface area contributed by atoms with Crippen LogP contribution in [0.25, 0.3) is 0 Å². The number of hydrogen-bond donors (Lipinski definition) is 1. The molecule has 0 aromatic heterocycles. The summed E-state index contributed by atoms with van der Waals surface area (Å²) in [5.74, 6) is -0.199. The number of amidine groups is 1. The van der Waals surface area contributed by atoms with Crippen LogP contribution in [-0.4, -0.2) is 98.3 Å². The Kier molecular flexibility index (Phi) is 9.55. The standard InChI is InChI=1S/C30H37N5O7/c1-3-39-26(36)18-25(29(37)40-4-2)34-16-14-33(15-17-34)19-24-20-35(30(38)41-24)23-12-10-21(11-13-23)27-31-28(42-32-27)22-8-6-5-7-9-22/h5-13,24-25,28H,3-4,14-20H2,1-2H3,(H,31,32). The Morgan fingerprint density at radius 1 is 1.00 bits per heavy atom. The van der Waals surface area contributed by atoms with Crippen molar-refractivity contribution in [1.82, 2.24) is 15.1 Å². The molecule has 12 nitrogen and oxygen atoms in total. The lowest BCUT2D eigenvalue weighted by atomic mass is 10.1. The molecule has 2 aromatic carbocycles. The van der Waals surface area contributed by atoms with Crippen molar-refractivity contribution in [3.8, 4) is 0 Å². The van der Waals surface area contributed by atoms with E-state index in [0.717, 1.165) is 16.8 Å². The van der Waals surface area contributed by atoms with E-state index in [4.69, 9.17) is 19.0 Å². The summed E-state index contributed by atoms with van der Waals surface area (Å²) in [6, 6.07) is 16.7. The smallest absolute Gasteiger partial charge is 0.414 e. The molecule has 5 rings (SSSR count). The first kappa shape index (κ1) is 29.3. The molecule has 224 valence electrons. The van der Waals surface area contributed by atoms with Gasteiger partial charge in [0.2, 0.25) is 6.23 Å². The average molecular weight is 580 g/mol. The van der Waals surface area contributed by atoms with Gasteiger partial charge in [0.15, 0.2) is 5.84 Å². The number of hydrogen-bond acceptors (Lipinski definition) is 11. The Bertz CT molecular complexity index is 1260. The predicted octanol–water partition coefficient (Wildman–Crippen LogP) is 2.49. The number of cyclic esters (lactones) is 1. The fourth-order valence-corrected chi connectivity index (χ4v) is 5.34. The van der Waals surface area contributed by atoms with Crippen LogP contribution in [0.2, 0.25) is 0 Å². The van der Waals surface area contributed by atoms with Crippen LogP contribution in [0.4, 0.5) is 10.5 Å². The molecule has 12 heteroatoms. The lowest BCUT2D eigenvalue weighted by molar-refractivity contribution is -0.157. The van der Waals surface area contributed by atoms with Gasteiger partial charge < -0.3 is 24.4 Å². The number of esters is 2. The first-order chi connectivity index (χ1) is 20.4. The van der Waals surface area contributed by atoms with E-state index in [0.29, 0.717) is 45.1 Å². The maximum atomic E-state index is 12.7. The van der Waals surface area contributed by atoms with E-state index in [1.165, 1.54) is 0 Å². The highest BCUT2D eigenvalue weighted by Crippen LogP contribution is 2.25. The summed E-state index contributed by atoms with van der Waals surface area (Å²) in [5, 5.41) is 7.46. The monoisotopic (exact) mass is 579 g/mol. The second kappa shape index (κ2) is 13.7. The summed E-state index contributed by atoms with van der Waals surface area (Å²) < 4.78 is 16.0. The van der Waals surface area contributed by atoms with E-state index >= 15 is 0 Å². The fourth-order valence-electron chi connectivity index (χ4n) is 5.34. The van der Waals surface area contributed by atoms with Gasteiger partial charge in [-0.15, -0.1) is 0 Å². The highest BCUT2D eigenvalue weighted by Gasteiger charge is 2.36. The van der Waals surface area contributed by atoms with Crippen LogP contribution >= 0.6 is 0 Å². The maximum Gasteiger partial charge on any atom is 0.414 e. The van der Waals surface area contributed by atoms with Crippen molar-refractivity contribution in [2.24, 2.45) is 5.16 Å². The first-order valence-electron chi connectivity index (χ1n) is 14.4. The molecule has 0 aliphatic carbocycles. The third kappa shape index (κ3) is 7.00. The normalized spacial score (nSPS) is 21.6. The van der Waals surface area contributed by atoms with E-state index in [9.17, 15) is 14.4 Å². The molecule has 2 saturated heterocycles. The molecular weight excluding hydrogens is 542 g/mol. The van der Waals surface area contributed by atoms with Crippen LogP contribution in [0.1, 0.15) is 37.6 Å². The molecule has 3 atom stereocenters. The molecule has 3 aliphatic heterocycles. The molecule has 0 bridgehead atoms. The van der Waals surface area contributed by atoms with E-state index in [-0.39, 0.29) is 38.1 Å². The van der Waals surface area contributed by atoms with Crippen molar-refractivity contribution in [3.63, 3.8) is 0 Å². The minimum Gasteiger partial charge on any atom is -0.466 e. The van der Waals surface area contributed by atoms with Gasteiger partial charge in [0.05, 0.1) is 26.2 Å². The molecule has 3 heterocycles. The van der Waals surface area contributed by atoms with Gasteiger partial charge in [-0.2, -0.15) is 0 Å². The van der Waals surface area contributed by atoms with Gasteiger partial charge in [-0.25, -0.2) is 4.79 Å². The fraction of sp³-hybridized carbons (Fsp3) is 0.467. The maximum absolute atomic E-state index is 12.7. The molecule has 2 aromatic rings. The summed E-state index contributed by atoms with van der Waals surface area (Å²) in [6.45, 7) is 7.52. The van der Waals surface area contributed by atoms with Crippen LogP contribution in [0, 0.1) is 0 Å². The number of carbonyl (C=O) groups excluding carboxylic acids is 3. The summed E-state index contributed by atoms with van der Waals surface area (Å²) in [4.78, 5) is 48.7. The zero-order valence-corrected chi connectivity index (χ0v) is 23.9. The van der Waals surface area contributed by atoms with Crippen molar-refractivity contribution in [2.45, 2.75) is 38.6 Å². The number of piperazine rings is 1. The second-order valence-electron chi connectivity index (χ2n) is 10.3. The van der Waals surface area contributed by atoms with Crippen molar-refractivity contribution in [3.05, 3.63) is 65.7 Å². The third-order valence-corrected chi connectivity index (χ3v) is 7.48. The topological polar surface area (TPSA) is 122 Å². The minimum atomic E-state index is -0.671. The molecule has 1 amide bonds. The highest BCUT2D eigenvalue weighted by molar-refractivity contribution is 6.00. The molecule has 3 aliphatic rings. The van der Waals surface area contributed by atoms with Crippen molar-refractivity contribution < 1.29 is 33.4 Å². The molecule has 3 unspecified atom stereocenters. The van der Waals surface area contributed by atoms with Gasteiger partial charge in [0, 0.05) is 49.5 Å². The van der Waals surface area contributed by atoms with Crippen molar-refractivity contribution >= 4 is 29.6 Å². The molecule has 0 radical (unpaired) electrons. The van der Waals surface area contributed by atoms with E-state index < -0.39 is 18.0 Å². The molecule has 42 heavy (non-hydrogen) atoms. The zero-order chi connectivity index (χ0) is 29.5. The van der Waals surface area contributed by atoms with Gasteiger partial charge in [0.25, 0.3) is 0 Å². The summed E-state index contributed by atoms with van der Waals surface area (Å²) in [5.41, 5.74) is 2.57. The Hall–Kier alpha value is -4.16. The predicted molar refractivity (Wildman–Crippen MR) is 154 cm³/mol. The van der Waals surface area contributed by atoms with Crippen LogP contribution in [-0.2, 0) is 28.6 Å². The molecule has 0 saturated carbocycles. The molecule has 2 fully saturated rings. The van der Waals surface area contributed by atoms with Gasteiger partial charge in [-0.3, -0.25) is 24.3 Å². The zero-order valence-electron chi connectivity index (χ0n) is 23.9. The van der Waals surface area contributed by atoms with Gasteiger partial charge in [-0.05, 0) is 38.1 Å². The van der Waals surface area contributed by atoms with Gasteiger partial charge >= 0.3 is 18.0 Å². The number of rotatable bonds is 11. The second-order valence-corrected chi connectivity index (χ2v) is 10.3. The lowest BCUT2D eigenvalue weighted by Gasteiger charge is -2.38. The number of benzene rings is 2. The van der Waals surface area contributed by atoms with Gasteiger partial charge in [-0.1, -0.05) is 35.5 Å². The molecule has 0 spiro atoms. The number of nitrogens with zero attached hydrogens (tertiary/aromatic N) is 4. The first-order valence-corrected chi connectivity index (χ1v) is 14.4. The number of amides is 1. The minimum absolute atomic E-state index is 0.0370. The number of nitrogens with one attached hydrogen (secondary N) is 1. The average Bonchev–Trinajstić information content (AvgIpc) is 3.64. The lowest BCUT2D eigenvalue weighted by Crippen LogP contribution is -2.54. The van der Waals surface area contributed by atoms with Gasteiger partial charge in [0.1, 0.15) is 12.1 Å². The van der Waals surface area contributed by atoms with Crippen LogP contribution in [0.5, 0.6) is 0 Å². The van der Waals surface area contributed by atoms with E-state index in [2.05, 4.69) is 15.4 Å². The number of oxime groups is 1. The quantitative estimate of drug-likeness (QED) is 0.314. The summed E-state index contributed by atoms with van der Waals surface area (Å²) in [7, 11) is 0. The Morgan fingerprint density at radius 2 is 1.71 bits per heavy atom. The third-order valence-electron chi connectivity index (χ3n) is 7.48. The molecule has 1 N–H and O–H groups in total. The van der Waals surface area contributed by atoms with Crippen molar-refractivity contribution in [1.29, 1.82) is 0 Å². The van der Waals surface area contributed by atoms with Crippen molar-refractivity contribution in [2.75, 3.05) is 57.4 Å². The number of anilines is 1. The Morgan fingerprint density at radius 3 is 2.40 bits per heavy atom.